The lowest BCUT2D eigenvalue weighted by atomic mass is 10.1. The van der Waals surface area contributed by atoms with E-state index >= 15 is 0 Å². The second-order valence-corrected chi connectivity index (χ2v) is 6.92. The molecule has 6 nitrogen and oxygen atoms in total. The van der Waals surface area contributed by atoms with Crippen molar-refractivity contribution in [3.63, 3.8) is 0 Å². The van der Waals surface area contributed by atoms with E-state index in [2.05, 4.69) is 15.9 Å². The number of carbonyl (C=O) groups excluding carboxylic acids is 1. The van der Waals surface area contributed by atoms with Crippen molar-refractivity contribution in [3.05, 3.63) is 45.9 Å². The number of nitrogens with zero attached hydrogens (tertiary/aromatic N) is 1. The molecule has 0 saturated carbocycles. The zero-order valence-electron chi connectivity index (χ0n) is 16.8. The smallest absolute Gasteiger partial charge is 0.203 e. The minimum atomic E-state index is -0.207. The highest BCUT2D eigenvalue weighted by molar-refractivity contribution is 9.12. The zero-order chi connectivity index (χ0) is 20.8. The second kappa shape index (κ2) is 9.50. The molecule has 0 aliphatic heterocycles. The number of carbonyl (C=O) groups is 1. The number of anilines is 1. The molecule has 0 heterocycles. The Labute approximate surface area is 173 Å². The van der Waals surface area contributed by atoms with E-state index in [4.69, 9.17) is 18.9 Å². The molecule has 0 N–H and O–H groups in total. The minimum absolute atomic E-state index is 0.207. The van der Waals surface area contributed by atoms with Crippen LogP contribution in [-0.2, 0) is 0 Å². The summed E-state index contributed by atoms with van der Waals surface area (Å²) in [7, 11) is 10.0. The van der Waals surface area contributed by atoms with Gasteiger partial charge in [0.15, 0.2) is 17.3 Å². The molecule has 28 heavy (non-hydrogen) atoms. The molecule has 2 rings (SSSR count). The number of benzene rings is 2. The van der Waals surface area contributed by atoms with Crippen LogP contribution in [0, 0.1) is 0 Å². The molecular formula is C21H24BrNO5. The van der Waals surface area contributed by atoms with Crippen molar-refractivity contribution in [3.8, 4) is 23.0 Å². The van der Waals surface area contributed by atoms with Crippen molar-refractivity contribution < 1.29 is 23.7 Å². The number of Topliss-reactive ketones (excluding diaryl/α,β-unsaturated/α-hetero) is 1. The maximum atomic E-state index is 12.9. The minimum Gasteiger partial charge on any atom is -0.495 e. The zero-order valence-corrected chi connectivity index (χ0v) is 18.4. The molecular weight excluding hydrogens is 426 g/mol. The fourth-order valence-electron chi connectivity index (χ4n) is 2.71. The van der Waals surface area contributed by atoms with E-state index < -0.39 is 0 Å². The summed E-state index contributed by atoms with van der Waals surface area (Å²) in [5.74, 6) is 1.83. The van der Waals surface area contributed by atoms with Gasteiger partial charge in [0.05, 0.1) is 38.6 Å². The molecule has 0 amide bonds. The highest BCUT2D eigenvalue weighted by Crippen LogP contribution is 2.39. The number of hydrogen-bond donors (Lipinski definition) is 0. The van der Waals surface area contributed by atoms with Crippen LogP contribution in [0.4, 0.5) is 5.69 Å². The standard InChI is InChI=1S/C21H24BrNO5/c1-23(2)16-10-13(7-8-17(16)25-3)9-15(22)20(24)14-11-18(26-4)21(28-6)19(12-14)27-5/h7-12H,1-6H3. The maximum absolute atomic E-state index is 12.9. The fourth-order valence-corrected chi connectivity index (χ4v) is 3.20. The molecule has 0 radical (unpaired) electrons. The number of rotatable bonds is 8. The van der Waals surface area contributed by atoms with Gasteiger partial charge in [0, 0.05) is 19.7 Å². The lowest BCUT2D eigenvalue weighted by Crippen LogP contribution is -2.10. The molecule has 0 aromatic heterocycles. The third-order valence-electron chi connectivity index (χ3n) is 4.12. The molecule has 0 spiro atoms. The number of ketones is 1. The summed E-state index contributed by atoms with van der Waals surface area (Å²) in [4.78, 5) is 14.9. The van der Waals surface area contributed by atoms with Gasteiger partial charge in [-0.15, -0.1) is 0 Å². The fraction of sp³-hybridized carbons (Fsp3) is 0.286. The lowest BCUT2D eigenvalue weighted by molar-refractivity contribution is 0.104. The van der Waals surface area contributed by atoms with Crippen molar-refractivity contribution in [1.82, 2.24) is 0 Å². The summed E-state index contributed by atoms with van der Waals surface area (Å²) < 4.78 is 21.7. The topological polar surface area (TPSA) is 57.2 Å². The first-order chi connectivity index (χ1) is 13.4. The quantitative estimate of drug-likeness (QED) is 0.439. The Bertz CT molecular complexity index is 867. The van der Waals surface area contributed by atoms with Gasteiger partial charge in [-0.2, -0.15) is 0 Å². The molecule has 7 heteroatoms. The highest BCUT2D eigenvalue weighted by atomic mass is 79.9. The summed E-state index contributed by atoms with van der Waals surface area (Å²) in [6.45, 7) is 0. The van der Waals surface area contributed by atoms with Crippen LogP contribution >= 0.6 is 15.9 Å². The Hall–Kier alpha value is -2.67. The van der Waals surface area contributed by atoms with Crippen molar-refractivity contribution >= 4 is 33.5 Å². The van der Waals surface area contributed by atoms with Crippen molar-refractivity contribution in [2.45, 2.75) is 0 Å². The Kier molecular flexibility index (Phi) is 7.34. The van der Waals surface area contributed by atoms with Gasteiger partial charge in [-0.3, -0.25) is 4.79 Å². The van der Waals surface area contributed by atoms with Gasteiger partial charge in [0.2, 0.25) is 5.75 Å². The van der Waals surface area contributed by atoms with Crippen LogP contribution < -0.4 is 23.8 Å². The number of methoxy groups -OCH3 is 4. The van der Waals surface area contributed by atoms with Crippen LogP contribution in [-0.4, -0.2) is 48.3 Å². The van der Waals surface area contributed by atoms with Crippen LogP contribution in [0.3, 0.4) is 0 Å². The van der Waals surface area contributed by atoms with Crippen molar-refractivity contribution in [2.75, 3.05) is 47.4 Å². The maximum Gasteiger partial charge on any atom is 0.203 e. The highest BCUT2D eigenvalue weighted by Gasteiger charge is 2.18. The summed E-state index contributed by atoms with van der Waals surface area (Å²) in [5.41, 5.74) is 2.19. The summed E-state index contributed by atoms with van der Waals surface area (Å²) in [5, 5.41) is 0. The Morgan fingerprint density at radius 2 is 1.46 bits per heavy atom. The molecule has 0 aliphatic carbocycles. The molecule has 0 bridgehead atoms. The van der Waals surface area contributed by atoms with Gasteiger partial charge < -0.3 is 23.8 Å². The Morgan fingerprint density at radius 1 is 0.893 bits per heavy atom. The van der Waals surface area contributed by atoms with Crippen LogP contribution in [0.15, 0.2) is 34.8 Å². The normalized spacial score (nSPS) is 11.0. The van der Waals surface area contributed by atoms with Gasteiger partial charge >= 0.3 is 0 Å². The van der Waals surface area contributed by atoms with Crippen LogP contribution in [0.5, 0.6) is 23.0 Å². The molecule has 2 aromatic carbocycles. The van der Waals surface area contributed by atoms with E-state index in [-0.39, 0.29) is 5.78 Å². The number of hydrogen-bond acceptors (Lipinski definition) is 6. The molecule has 2 aromatic rings. The first-order valence-corrected chi connectivity index (χ1v) is 9.22. The monoisotopic (exact) mass is 449 g/mol. The first-order valence-electron chi connectivity index (χ1n) is 8.43. The third-order valence-corrected chi connectivity index (χ3v) is 4.71. The van der Waals surface area contributed by atoms with Gasteiger partial charge in [0.1, 0.15) is 5.75 Å². The van der Waals surface area contributed by atoms with Gasteiger partial charge in [-0.25, -0.2) is 0 Å². The van der Waals surface area contributed by atoms with Crippen LogP contribution in [0.1, 0.15) is 15.9 Å². The predicted octanol–water partition coefficient (Wildman–Crippen LogP) is 4.41. The number of allylic oxidation sites excluding steroid dienone is 1. The van der Waals surface area contributed by atoms with E-state index in [0.29, 0.717) is 27.3 Å². The average Bonchev–Trinajstić information content (AvgIpc) is 2.71. The largest absolute Gasteiger partial charge is 0.495 e. The SMILES string of the molecule is COc1ccc(C=C(Br)C(=O)c2cc(OC)c(OC)c(OC)c2)cc1N(C)C. The van der Waals surface area contributed by atoms with Crippen molar-refractivity contribution in [1.29, 1.82) is 0 Å². The van der Waals surface area contributed by atoms with E-state index in [0.717, 1.165) is 17.0 Å². The molecule has 0 saturated heterocycles. The van der Waals surface area contributed by atoms with E-state index in [1.54, 1.807) is 25.3 Å². The summed E-state index contributed by atoms with van der Waals surface area (Å²) in [6, 6.07) is 8.94. The van der Waals surface area contributed by atoms with Crippen LogP contribution in [0.25, 0.3) is 6.08 Å². The molecule has 0 unspecified atom stereocenters. The average molecular weight is 450 g/mol. The molecule has 0 aliphatic rings. The molecule has 0 atom stereocenters. The summed E-state index contributed by atoms with van der Waals surface area (Å²) >= 11 is 3.40. The Morgan fingerprint density at radius 3 is 1.93 bits per heavy atom. The first kappa shape index (κ1) is 21.6. The van der Waals surface area contributed by atoms with Crippen LogP contribution in [0.2, 0.25) is 0 Å². The Balaban J connectivity index is 2.43. The third kappa shape index (κ3) is 4.59. The van der Waals surface area contributed by atoms with E-state index in [9.17, 15) is 4.79 Å². The van der Waals surface area contributed by atoms with E-state index in [1.807, 2.05) is 37.2 Å². The molecule has 150 valence electrons. The summed E-state index contributed by atoms with van der Waals surface area (Å²) in [6.07, 6.45) is 1.76. The van der Waals surface area contributed by atoms with E-state index in [1.165, 1.54) is 21.3 Å². The molecule has 0 fully saturated rings. The van der Waals surface area contributed by atoms with Crippen molar-refractivity contribution in [2.24, 2.45) is 0 Å². The lowest BCUT2D eigenvalue weighted by Gasteiger charge is -2.17. The van der Waals surface area contributed by atoms with Gasteiger partial charge in [-0.05, 0) is 51.8 Å². The number of ether oxygens (including phenoxy) is 4. The van der Waals surface area contributed by atoms with Gasteiger partial charge in [0.25, 0.3) is 0 Å². The van der Waals surface area contributed by atoms with Gasteiger partial charge in [-0.1, -0.05) is 6.07 Å². The number of halogens is 1. The predicted molar refractivity (Wildman–Crippen MR) is 115 cm³/mol. The second-order valence-electron chi connectivity index (χ2n) is 6.06.